The van der Waals surface area contributed by atoms with Crippen molar-refractivity contribution in [3.63, 3.8) is 0 Å². The van der Waals surface area contributed by atoms with Crippen molar-refractivity contribution in [3.05, 3.63) is 51.4 Å². The maximum atomic E-state index is 11.8. The first kappa shape index (κ1) is 12.8. The SMILES string of the molecule is CC(=O)/C(C#N)=C/c1cc2ccc(C)cc2oc1=O. The third kappa shape index (κ3) is 2.61. The van der Waals surface area contributed by atoms with E-state index in [9.17, 15) is 9.59 Å². The van der Waals surface area contributed by atoms with Crippen LogP contribution < -0.4 is 5.63 Å². The molecule has 0 saturated heterocycles. The van der Waals surface area contributed by atoms with Crippen molar-refractivity contribution in [2.75, 3.05) is 0 Å². The standard InChI is InChI=1S/C15H11NO3/c1-9-3-4-11-6-12(7-13(8-16)10(2)17)15(18)19-14(11)5-9/h3-7H,1-2H3/b13-7+. The molecule has 0 saturated carbocycles. The Kier molecular flexibility index (Phi) is 3.30. The molecule has 0 spiro atoms. The van der Waals surface area contributed by atoms with E-state index in [4.69, 9.17) is 9.68 Å². The zero-order valence-electron chi connectivity index (χ0n) is 10.6. The number of allylic oxidation sites excluding steroid dienone is 1. The van der Waals surface area contributed by atoms with E-state index >= 15 is 0 Å². The van der Waals surface area contributed by atoms with E-state index < -0.39 is 5.63 Å². The Morgan fingerprint density at radius 1 is 1.37 bits per heavy atom. The summed E-state index contributed by atoms with van der Waals surface area (Å²) < 4.78 is 5.18. The van der Waals surface area contributed by atoms with Crippen LogP contribution in [0, 0.1) is 18.3 Å². The van der Waals surface area contributed by atoms with Crippen molar-refractivity contribution < 1.29 is 9.21 Å². The summed E-state index contributed by atoms with van der Waals surface area (Å²) in [6.45, 7) is 3.18. The highest BCUT2D eigenvalue weighted by Crippen LogP contribution is 2.16. The summed E-state index contributed by atoms with van der Waals surface area (Å²) in [5.74, 6) is -0.383. The summed E-state index contributed by atoms with van der Waals surface area (Å²) in [6, 6.07) is 8.86. The lowest BCUT2D eigenvalue weighted by Crippen LogP contribution is -2.04. The van der Waals surface area contributed by atoms with Crippen LogP contribution in [-0.2, 0) is 4.79 Å². The van der Waals surface area contributed by atoms with E-state index in [1.807, 2.05) is 19.1 Å². The topological polar surface area (TPSA) is 71.1 Å². The van der Waals surface area contributed by atoms with Gasteiger partial charge in [0.05, 0.1) is 11.1 Å². The number of nitriles is 1. The Hall–Kier alpha value is -2.67. The molecule has 2 aromatic rings. The predicted octanol–water partition coefficient (Wildman–Crippen LogP) is 2.60. The van der Waals surface area contributed by atoms with Crippen LogP contribution in [-0.4, -0.2) is 5.78 Å². The zero-order chi connectivity index (χ0) is 14.0. The van der Waals surface area contributed by atoms with E-state index in [2.05, 4.69) is 0 Å². The monoisotopic (exact) mass is 253 g/mol. The summed E-state index contributed by atoms with van der Waals surface area (Å²) in [6.07, 6.45) is 1.26. The molecule has 0 fully saturated rings. The summed E-state index contributed by atoms with van der Waals surface area (Å²) in [7, 11) is 0. The lowest BCUT2D eigenvalue weighted by molar-refractivity contribution is -0.113. The number of ketones is 1. The third-order valence-corrected chi connectivity index (χ3v) is 2.72. The van der Waals surface area contributed by atoms with E-state index in [-0.39, 0.29) is 16.9 Å². The number of hydrogen-bond donors (Lipinski definition) is 0. The maximum absolute atomic E-state index is 11.8. The van der Waals surface area contributed by atoms with E-state index in [0.717, 1.165) is 10.9 Å². The van der Waals surface area contributed by atoms with Crippen molar-refractivity contribution in [1.82, 2.24) is 0 Å². The van der Waals surface area contributed by atoms with Crippen molar-refractivity contribution in [3.8, 4) is 6.07 Å². The lowest BCUT2D eigenvalue weighted by atomic mass is 10.1. The molecule has 0 bridgehead atoms. The van der Waals surface area contributed by atoms with E-state index in [0.29, 0.717) is 5.58 Å². The second kappa shape index (κ2) is 4.91. The van der Waals surface area contributed by atoms with Crippen molar-refractivity contribution in [2.45, 2.75) is 13.8 Å². The van der Waals surface area contributed by atoms with Gasteiger partial charge in [-0.1, -0.05) is 12.1 Å². The number of carbonyl (C=O) groups excluding carboxylic acids is 1. The van der Waals surface area contributed by atoms with Crippen molar-refractivity contribution in [2.24, 2.45) is 0 Å². The van der Waals surface area contributed by atoms with Crippen LogP contribution in [0.3, 0.4) is 0 Å². The molecule has 0 unspecified atom stereocenters. The maximum Gasteiger partial charge on any atom is 0.343 e. The van der Waals surface area contributed by atoms with E-state index in [1.54, 1.807) is 18.2 Å². The smallest absolute Gasteiger partial charge is 0.343 e. The molecule has 0 aliphatic heterocycles. The molecular weight excluding hydrogens is 242 g/mol. The molecule has 19 heavy (non-hydrogen) atoms. The van der Waals surface area contributed by atoms with Gasteiger partial charge in [-0.2, -0.15) is 5.26 Å². The van der Waals surface area contributed by atoms with Gasteiger partial charge in [-0.15, -0.1) is 0 Å². The number of aryl methyl sites for hydroxylation is 1. The highest BCUT2D eigenvalue weighted by Gasteiger charge is 2.07. The molecule has 4 nitrogen and oxygen atoms in total. The molecule has 0 aliphatic rings. The van der Waals surface area contributed by atoms with Gasteiger partial charge >= 0.3 is 5.63 Å². The average molecular weight is 253 g/mol. The quantitative estimate of drug-likeness (QED) is 0.468. The second-order valence-corrected chi connectivity index (χ2v) is 4.26. The van der Waals surface area contributed by atoms with Crippen LogP contribution in [0.25, 0.3) is 17.0 Å². The molecule has 0 amide bonds. The first-order chi connectivity index (χ1) is 9.01. The van der Waals surface area contributed by atoms with Gasteiger partial charge in [0, 0.05) is 5.39 Å². The van der Waals surface area contributed by atoms with Crippen LogP contribution in [0.1, 0.15) is 18.1 Å². The number of fused-ring (bicyclic) bond motifs is 1. The van der Waals surface area contributed by atoms with Gasteiger partial charge < -0.3 is 4.42 Å². The van der Waals surface area contributed by atoms with Gasteiger partial charge in [0.15, 0.2) is 5.78 Å². The predicted molar refractivity (Wildman–Crippen MR) is 71.5 cm³/mol. The summed E-state index contributed by atoms with van der Waals surface area (Å²) in [5.41, 5.74) is 1.04. The first-order valence-corrected chi connectivity index (χ1v) is 5.68. The van der Waals surface area contributed by atoms with Gasteiger partial charge in [-0.3, -0.25) is 4.79 Å². The number of carbonyl (C=O) groups is 1. The van der Waals surface area contributed by atoms with Crippen LogP contribution in [0.4, 0.5) is 0 Å². The normalized spacial score (nSPS) is 11.3. The Morgan fingerprint density at radius 2 is 2.11 bits per heavy atom. The second-order valence-electron chi connectivity index (χ2n) is 4.26. The number of benzene rings is 1. The van der Waals surface area contributed by atoms with Crippen LogP contribution in [0.15, 0.2) is 39.1 Å². The molecule has 94 valence electrons. The fourth-order valence-electron chi connectivity index (χ4n) is 1.70. The highest BCUT2D eigenvalue weighted by molar-refractivity contribution is 6.01. The molecule has 1 aromatic heterocycles. The van der Waals surface area contributed by atoms with Crippen molar-refractivity contribution in [1.29, 1.82) is 5.26 Å². The summed E-state index contributed by atoms with van der Waals surface area (Å²) in [4.78, 5) is 23.0. The summed E-state index contributed by atoms with van der Waals surface area (Å²) >= 11 is 0. The Balaban J connectivity index is 2.67. The molecule has 0 N–H and O–H groups in total. The minimum atomic E-state index is -0.563. The average Bonchev–Trinajstić information content (AvgIpc) is 2.35. The molecular formula is C15H11NO3. The van der Waals surface area contributed by atoms with Gasteiger partial charge in [-0.25, -0.2) is 4.79 Å². The van der Waals surface area contributed by atoms with Gasteiger partial charge in [-0.05, 0) is 37.6 Å². The van der Waals surface area contributed by atoms with Gasteiger partial charge in [0.2, 0.25) is 0 Å². The molecule has 1 aromatic carbocycles. The van der Waals surface area contributed by atoms with Gasteiger partial charge in [0.1, 0.15) is 11.7 Å². The fraction of sp³-hybridized carbons (Fsp3) is 0.133. The number of Topliss-reactive ketones (excluding diaryl/α,β-unsaturated/α-hetero) is 1. The lowest BCUT2D eigenvalue weighted by Gasteiger charge is -2.00. The minimum Gasteiger partial charge on any atom is -0.422 e. The minimum absolute atomic E-state index is 0.0706. The largest absolute Gasteiger partial charge is 0.422 e. The molecule has 1 heterocycles. The Morgan fingerprint density at radius 3 is 2.74 bits per heavy atom. The molecule has 0 atom stereocenters. The molecule has 2 rings (SSSR count). The first-order valence-electron chi connectivity index (χ1n) is 5.68. The van der Waals surface area contributed by atoms with E-state index in [1.165, 1.54) is 13.0 Å². The Bertz CT molecular complexity index is 791. The Labute approximate surface area is 109 Å². The summed E-state index contributed by atoms with van der Waals surface area (Å²) in [5, 5.41) is 9.57. The van der Waals surface area contributed by atoms with Crippen LogP contribution in [0.2, 0.25) is 0 Å². The number of hydrogen-bond acceptors (Lipinski definition) is 4. The molecule has 4 heteroatoms. The fourth-order valence-corrected chi connectivity index (χ4v) is 1.70. The van der Waals surface area contributed by atoms with Crippen LogP contribution >= 0.6 is 0 Å². The molecule has 0 aliphatic carbocycles. The number of rotatable bonds is 2. The van der Waals surface area contributed by atoms with Crippen LogP contribution in [0.5, 0.6) is 0 Å². The molecule has 0 radical (unpaired) electrons. The van der Waals surface area contributed by atoms with Crippen molar-refractivity contribution >= 4 is 22.8 Å². The van der Waals surface area contributed by atoms with Gasteiger partial charge in [0.25, 0.3) is 0 Å². The zero-order valence-corrected chi connectivity index (χ0v) is 10.6. The third-order valence-electron chi connectivity index (χ3n) is 2.72. The number of nitrogens with zero attached hydrogens (tertiary/aromatic N) is 1. The highest BCUT2D eigenvalue weighted by atomic mass is 16.4.